The maximum Gasteiger partial charge on any atom is 0.161 e. The van der Waals surface area contributed by atoms with Gasteiger partial charge in [-0.1, -0.05) is 41.9 Å². The Morgan fingerprint density at radius 1 is 1.39 bits per heavy atom. The van der Waals surface area contributed by atoms with E-state index in [-0.39, 0.29) is 0 Å². The number of hydrogen-bond donors (Lipinski definition) is 1. The second-order valence-corrected chi connectivity index (χ2v) is 6.24. The third-order valence-electron chi connectivity index (χ3n) is 2.95. The summed E-state index contributed by atoms with van der Waals surface area (Å²) in [6, 6.07) is 4.16. The highest BCUT2D eigenvalue weighted by atomic mass is 35.5. The second-order valence-electron chi connectivity index (χ2n) is 4.34. The van der Waals surface area contributed by atoms with Crippen molar-refractivity contribution in [3.63, 3.8) is 0 Å². The molecule has 0 spiro atoms. The van der Waals surface area contributed by atoms with Gasteiger partial charge in [-0.25, -0.2) is 0 Å². The van der Waals surface area contributed by atoms with E-state index in [1.54, 1.807) is 11.8 Å². The molecule has 5 heteroatoms. The molecule has 0 aromatic heterocycles. The zero-order chi connectivity index (χ0) is 13.1. The zero-order valence-electron chi connectivity index (χ0n) is 10.5. The molecule has 1 aliphatic heterocycles. The van der Waals surface area contributed by atoms with Crippen LogP contribution in [-0.2, 0) is 0 Å². The fraction of sp³-hybridized carbons (Fsp3) is 0.462. The normalized spacial score (nSPS) is 19.6. The van der Waals surface area contributed by atoms with Gasteiger partial charge in [-0.05, 0) is 37.5 Å². The van der Waals surface area contributed by atoms with Gasteiger partial charge in [0.15, 0.2) is 5.17 Å². The predicted octanol–water partition coefficient (Wildman–Crippen LogP) is 4.99. The Morgan fingerprint density at radius 3 is 2.89 bits per heavy atom. The number of hydrogen-bond acceptors (Lipinski definition) is 3. The van der Waals surface area contributed by atoms with Crippen LogP contribution in [0.3, 0.4) is 0 Å². The summed E-state index contributed by atoms with van der Waals surface area (Å²) in [5.74, 6) is 1.10. The zero-order valence-corrected chi connectivity index (χ0v) is 12.8. The first kappa shape index (κ1) is 14.0. The highest BCUT2D eigenvalue weighted by Gasteiger charge is 2.15. The van der Waals surface area contributed by atoms with Crippen LogP contribution in [0.5, 0.6) is 0 Å². The molecule has 1 aromatic rings. The van der Waals surface area contributed by atoms with E-state index in [1.807, 2.05) is 19.1 Å². The molecule has 1 N–H and O–H groups in total. The summed E-state index contributed by atoms with van der Waals surface area (Å²) < 4.78 is 0. The van der Waals surface area contributed by atoms with Gasteiger partial charge < -0.3 is 5.32 Å². The molecule has 0 bridgehead atoms. The van der Waals surface area contributed by atoms with Crippen molar-refractivity contribution >= 4 is 45.8 Å². The quantitative estimate of drug-likeness (QED) is 0.832. The summed E-state index contributed by atoms with van der Waals surface area (Å²) in [6.07, 6.45) is 2.23. The Labute approximate surface area is 122 Å². The van der Waals surface area contributed by atoms with Crippen molar-refractivity contribution in [2.45, 2.75) is 32.7 Å². The van der Waals surface area contributed by atoms with Crippen LogP contribution in [0, 0.1) is 6.92 Å². The lowest BCUT2D eigenvalue weighted by Crippen LogP contribution is -2.19. The van der Waals surface area contributed by atoms with Gasteiger partial charge in [0.2, 0.25) is 0 Å². The lowest BCUT2D eigenvalue weighted by Gasteiger charge is -2.20. The van der Waals surface area contributed by atoms with E-state index in [0.29, 0.717) is 11.1 Å². The molecule has 2 nitrogen and oxygen atoms in total. The Kier molecular flexibility index (Phi) is 4.82. The molecule has 0 saturated heterocycles. The minimum Gasteiger partial charge on any atom is -0.334 e. The van der Waals surface area contributed by atoms with Gasteiger partial charge in [0.25, 0.3) is 0 Å². The fourth-order valence-corrected chi connectivity index (χ4v) is 3.20. The lowest BCUT2D eigenvalue weighted by atomic mass is 10.2. The molecule has 1 heterocycles. The number of halogens is 2. The molecule has 0 aliphatic carbocycles. The van der Waals surface area contributed by atoms with Crippen LogP contribution >= 0.6 is 35.0 Å². The Balaban J connectivity index is 2.19. The van der Waals surface area contributed by atoms with E-state index >= 15 is 0 Å². The van der Waals surface area contributed by atoms with E-state index in [2.05, 4.69) is 17.2 Å². The van der Waals surface area contributed by atoms with Crippen molar-refractivity contribution in [1.82, 2.24) is 0 Å². The molecule has 0 saturated carbocycles. The van der Waals surface area contributed by atoms with Crippen molar-refractivity contribution in [2.75, 3.05) is 11.1 Å². The topological polar surface area (TPSA) is 24.4 Å². The Hall–Kier alpha value is -0.380. The van der Waals surface area contributed by atoms with E-state index in [9.17, 15) is 0 Å². The summed E-state index contributed by atoms with van der Waals surface area (Å²) in [4.78, 5) is 4.66. The van der Waals surface area contributed by atoms with E-state index < -0.39 is 0 Å². The van der Waals surface area contributed by atoms with Crippen molar-refractivity contribution in [1.29, 1.82) is 0 Å². The van der Waals surface area contributed by atoms with Crippen LogP contribution in [0.25, 0.3) is 0 Å². The van der Waals surface area contributed by atoms with Gasteiger partial charge >= 0.3 is 0 Å². The summed E-state index contributed by atoms with van der Waals surface area (Å²) in [5.41, 5.74) is 1.81. The largest absolute Gasteiger partial charge is 0.334 e. The maximum absolute atomic E-state index is 6.21. The fourth-order valence-electron chi connectivity index (χ4n) is 1.78. The van der Waals surface area contributed by atoms with Crippen molar-refractivity contribution in [3.8, 4) is 0 Å². The van der Waals surface area contributed by atoms with E-state index in [4.69, 9.17) is 23.2 Å². The van der Waals surface area contributed by atoms with Gasteiger partial charge in [-0.2, -0.15) is 0 Å². The molecule has 1 unspecified atom stereocenters. The lowest BCUT2D eigenvalue weighted by molar-refractivity contribution is 0.634. The van der Waals surface area contributed by atoms with Gasteiger partial charge in [-0.3, -0.25) is 4.99 Å². The molecule has 18 heavy (non-hydrogen) atoms. The first-order chi connectivity index (χ1) is 8.60. The number of aryl methyl sites for hydroxylation is 1. The average Bonchev–Trinajstić information content (AvgIpc) is 2.36. The number of benzene rings is 1. The summed E-state index contributed by atoms with van der Waals surface area (Å²) in [7, 11) is 0. The van der Waals surface area contributed by atoms with Crippen LogP contribution < -0.4 is 5.32 Å². The molecule has 98 valence electrons. The third kappa shape index (κ3) is 3.34. The van der Waals surface area contributed by atoms with Crippen LogP contribution in [0.15, 0.2) is 17.1 Å². The molecule has 0 radical (unpaired) electrons. The molecule has 1 aliphatic rings. The van der Waals surface area contributed by atoms with Crippen molar-refractivity contribution in [3.05, 3.63) is 27.7 Å². The van der Waals surface area contributed by atoms with Gasteiger partial charge in [0, 0.05) is 10.8 Å². The summed E-state index contributed by atoms with van der Waals surface area (Å²) >= 11 is 14.1. The van der Waals surface area contributed by atoms with Crippen LogP contribution in [-0.4, -0.2) is 17.0 Å². The highest BCUT2D eigenvalue weighted by Crippen LogP contribution is 2.30. The first-order valence-corrected chi connectivity index (χ1v) is 7.77. The van der Waals surface area contributed by atoms with E-state index in [1.165, 1.54) is 0 Å². The second kappa shape index (κ2) is 6.18. The number of nitrogens with zero attached hydrogens (tertiary/aromatic N) is 1. The maximum atomic E-state index is 6.21. The molecular formula is C13H16Cl2N2S. The van der Waals surface area contributed by atoms with Gasteiger partial charge in [0.05, 0.1) is 16.8 Å². The number of aliphatic imine (C=N–C) groups is 1. The van der Waals surface area contributed by atoms with Crippen molar-refractivity contribution in [2.24, 2.45) is 4.99 Å². The molecule has 0 amide bonds. The van der Waals surface area contributed by atoms with Gasteiger partial charge in [0.1, 0.15) is 0 Å². The number of anilines is 1. The molecule has 1 atom stereocenters. The predicted molar refractivity (Wildman–Crippen MR) is 83.4 cm³/mol. The molecule has 2 rings (SSSR count). The minimum atomic E-state index is 0.424. The molecular weight excluding hydrogens is 287 g/mol. The third-order valence-corrected chi connectivity index (χ3v) is 4.59. The Bertz CT molecular complexity index is 474. The van der Waals surface area contributed by atoms with Crippen LogP contribution in [0.1, 0.15) is 25.3 Å². The smallest absolute Gasteiger partial charge is 0.161 e. The minimum absolute atomic E-state index is 0.424. The average molecular weight is 303 g/mol. The van der Waals surface area contributed by atoms with Crippen molar-refractivity contribution < 1.29 is 0 Å². The summed E-state index contributed by atoms with van der Waals surface area (Å²) in [6.45, 7) is 4.11. The Morgan fingerprint density at radius 2 is 2.17 bits per heavy atom. The molecule has 1 aromatic carbocycles. The van der Waals surface area contributed by atoms with Crippen LogP contribution in [0.2, 0.25) is 10.0 Å². The monoisotopic (exact) mass is 302 g/mol. The number of rotatable bonds is 2. The van der Waals surface area contributed by atoms with Gasteiger partial charge in [-0.15, -0.1) is 0 Å². The summed E-state index contributed by atoms with van der Waals surface area (Å²) in [5, 5.41) is 5.62. The standard InChI is InChI=1S/C13H16Cl2N2S/c1-3-9-4-5-18-13(16-9)17-12-7-10(14)8(2)6-11(12)15/h6-7,9H,3-5H2,1-2H3,(H,16,17). The number of nitrogens with one attached hydrogen (secondary N) is 1. The number of amidine groups is 1. The van der Waals surface area contributed by atoms with E-state index in [0.717, 1.165) is 40.0 Å². The highest BCUT2D eigenvalue weighted by molar-refractivity contribution is 8.14. The van der Waals surface area contributed by atoms with Crippen LogP contribution in [0.4, 0.5) is 5.69 Å². The molecule has 0 fully saturated rings. The first-order valence-electron chi connectivity index (χ1n) is 6.03. The SMILES string of the molecule is CCC1CCSC(Nc2cc(Cl)c(C)cc2Cl)=N1. The number of thioether (sulfide) groups is 1.